The zero-order valence-corrected chi connectivity index (χ0v) is 7.41. The first kappa shape index (κ1) is 11.4. The maximum absolute atomic E-state index is 10.7. The lowest BCUT2D eigenvalue weighted by Gasteiger charge is -2.01. The van der Waals surface area contributed by atoms with Gasteiger partial charge in [-0.05, 0) is 13.3 Å². The monoisotopic (exact) mass is 185 g/mol. The molecule has 0 N–H and O–H groups in total. The quantitative estimate of drug-likeness (QED) is 0.360. The highest BCUT2D eigenvalue weighted by atomic mass is 16.6. The number of nitrogens with zero attached hydrogens (tertiary/aromatic N) is 1. The predicted octanol–water partition coefficient (Wildman–Crippen LogP) is 0.396. The zero-order chi connectivity index (χ0) is 10.1. The van der Waals surface area contributed by atoms with Gasteiger partial charge in [-0.3, -0.25) is 0 Å². The number of hydrogen-bond donors (Lipinski definition) is 0. The first-order chi connectivity index (χ1) is 6.22. The van der Waals surface area contributed by atoms with E-state index in [4.69, 9.17) is 5.26 Å². The largest absolute Gasteiger partial charge is 0.458 e. The Morgan fingerprint density at radius 3 is 2.46 bits per heavy atom. The Bertz CT molecular complexity index is 219. The summed E-state index contributed by atoms with van der Waals surface area (Å²) in [6.45, 7) is 1.82. The van der Waals surface area contributed by atoms with Crippen LogP contribution < -0.4 is 0 Å². The standard InChI is InChI=1S/C8H11NO4/c1-2-12-7(10)8(11)13-6-4-3-5-9/h2-4,6H2,1H3. The lowest BCUT2D eigenvalue weighted by atomic mass is 10.3. The van der Waals surface area contributed by atoms with E-state index in [1.807, 2.05) is 6.07 Å². The normalized spacial score (nSPS) is 8.62. The lowest BCUT2D eigenvalue weighted by Crippen LogP contribution is -2.20. The van der Waals surface area contributed by atoms with Crippen LogP contribution in [0.3, 0.4) is 0 Å². The number of unbranched alkanes of at least 4 members (excludes halogenated alkanes) is 1. The van der Waals surface area contributed by atoms with Crippen molar-refractivity contribution in [2.24, 2.45) is 0 Å². The third-order valence-corrected chi connectivity index (χ3v) is 1.11. The molecule has 0 unspecified atom stereocenters. The molecule has 13 heavy (non-hydrogen) atoms. The molecular weight excluding hydrogens is 174 g/mol. The van der Waals surface area contributed by atoms with E-state index in [2.05, 4.69) is 9.47 Å². The Labute approximate surface area is 76.2 Å². The molecule has 0 amide bonds. The molecule has 0 aromatic carbocycles. The van der Waals surface area contributed by atoms with Gasteiger partial charge in [-0.2, -0.15) is 5.26 Å². The number of carbonyl (C=O) groups is 2. The molecule has 0 aromatic rings. The van der Waals surface area contributed by atoms with Crippen LogP contribution in [-0.4, -0.2) is 25.2 Å². The van der Waals surface area contributed by atoms with E-state index >= 15 is 0 Å². The minimum Gasteiger partial charge on any atom is -0.458 e. The first-order valence-electron chi connectivity index (χ1n) is 3.93. The fourth-order valence-corrected chi connectivity index (χ4v) is 0.565. The fraction of sp³-hybridized carbons (Fsp3) is 0.625. The predicted molar refractivity (Wildman–Crippen MR) is 42.4 cm³/mol. The molecule has 0 saturated carbocycles. The second-order valence-corrected chi connectivity index (χ2v) is 2.12. The van der Waals surface area contributed by atoms with Gasteiger partial charge in [0.25, 0.3) is 0 Å². The Kier molecular flexibility index (Phi) is 6.24. The van der Waals surface area contributed by atoms with Crippen molar-refractivity contribution in [3.8, 4) is 6.07 Å². The Balaban J connectivity index is 3.51. The van der Waals surface area contributed by atoms with Gasteiger partial charge < -0.3 is 9.47 Å². The number of carbonyl (C=O) groups excluding carboxylic acids is 2. The van der Waals surface area contributed by atoms with E-state index in [0.29, 0.717) is 12.8 Å². The highest BCUT2D eigenvalue weighted by molar-refractivity contribution is 6.29. The van der Waals surface area contributed by atoms with Crippen molar-refractivity contribution in [2.45, 2.75) is 19.8 Å². The van der Waals surface area contributed by atoms with Crippen molar-refractivity contribution in [3.05, 3.63) is 0 Å². The molecule has 0 aliphatic carbocycles. The summed E-state index contributed by atoms with van der Waals surface area (Å²) in [6.07, 6.45) is 0.734. The summed E-state index contributed by atoms with van der Waals surface area (Å²) in [5.74, 6) is -1.99. The van der Waals surface area contributed by atoms with Gasteiger partial charge in [-0.15, -0.1) is 0 Å². The van der Waals surface area contributed by atoms with Crippen LogP contribution in [0.25, 0.3) is 0 Å². The van der Waals surface area contributed by atoms with E-state index in [-0.39, 0.29) is 13.2 Å². The van der Waals surface area contributed by atoms with E-state index < -0.39 is 11.9 Å². The van der Waals surface area contributed by atoms with Gasteiger partial charge in [0, 0.05) is 6.42 Å². The molecule has 72 valence electrons. The molecule has 5 nitrogen and oxygen atoms in total. The smallest absolute Gasteiger partial charge is 0.417 e. The molecule has 0 radical (unpaired) electrons. The number of hydrogen-bond acceptors (Lipinski definition) is 5. The van der Waals surface area contributed by atoms with Crippen molar-refractivity contribution < 1.29 is 19.1 Å². The summed E-state index contributed by atoms with van der Waals surface area (Å²) >= 11 is 0. The van der Waals surface area contributed by atoms with Crippen LogP contribution in [0.4, 0.5) is 0 Å². The van der Waals surface area contributed by atoms with Gasteiger partial charge in [0.05, 0.1) is 19.3 Å². The van der Waals surface area contributed by atoms with E-state index in [0.717, 1.165) is 0 Å². The molecule has 0 bridgehead atoms. The second kappa shape index (κ2) is 7.10. The minimum absolute atomic E-state index is 0.0746. The van der Waals surface area contributed by atoms with Crippen molar-refractivity contribution in [3.63, 3.8) is 0 Å². The van der Waals surface area contributed by atoms with Crippen molar-refractivity contribution in [1.82, 2.24) is 0 Å². The van der Waals surface area contributed by atoms with Crippen LogP contribution >= 0.6 is 0 Å². The molecular formula is C8H11NO4. The minimum atomic E-state index is -1.00. The van der Waals surface area contributed by atoms with Crippen molar-refractivity contribution in [2.75, 3.05) is 13.2 Å². The average Bonchev–Trinajstić information content (AvgIpc) is 2.12. The highest BCUT2D eigenvalue weighted by Crippen LogP contribution is 1.90. The lowest BCUT2D eigenvalue weighted by molar-refractivity contribution is -0.167. The average molecular weight is 185 g/mol. The van der Waals surface area contributed by atoms with E-state index in [1.54, 1.807) is 6.92 Å². The van der Waals surface area contributed by atoms with Gasteiger partial charge in [0.15, 0.2) is 0 Å². The zero-order valence-electron chi connectivity index (χ0n) is 7.41. The number of esters is 2. The topological polar surface area (TPSA) is 76.4 Å². The highest BCUT2D eigenvalue weighted by Gasteiger charge is 2.15. The van der Waals surface area contributed by atoms with Gasteiger partial charge >= 0.3 is 11.9 Å². The van der Waals surface area contributed by atoms with Gasteiger partial charge in [0.1, 0.15) is 0 Å². The molecule has 0 atom stereocenters. The summed E-state index contributed by atoms with van der Waals surface area (Å²) in [6, 6.07) is 1.89. The van der Waals surface area contributed by atoms with Crippen LogP contribution in [0.15, 0.2) is 0 Å². The number of ether oxygens (including phenoxy) is 2. The Hall–Kier alpha value is -1.57. The number of rotatable bonds is 4. The summed E-state index contributed by atoms with van der Waals surface area (Å²) in [7, 11) is 0. The van der Waals surface area contributed by atoms with Gasteiger partial charge in [0.2, 0.25) is 0 Å². The van der Waals surface area contributed by atoms with Gasteiger partial charge in [-0.25, -0.2) is 9.59 Å². The van der Waals surface area contributed by atoms with Crippen LogP contribution in [0.5, 0.6) is 0 Å². The second-order valence-electron chi connectivity index (χ2n) is 2.12. The summed E-state index contributed by atoms with van der Waals surface area (Å²) in [4.78, 5) is 21.4. The molecule has 0 aliphatic rings. The molecule has 0 fully saturated rings. The SMILES string of the molecule is CCOC(=O)C(=O)OCCCC#N. The number of nitriles is 1. The fourth-order valence-electron chi connectivity index (χ4n) is 0.565. The molecule has 5 heteroatoms. The van der Waals surface area contributed by atoms with E-state index in [1.165, 1.54) is 0 Å². The summed E-state index contributed by atoms with van der Waals surface area (Å²) in [5, 5.41) is 8.14. The van der Waals surface area contributed by atoms with Crippen LogP contribution in [0.2, 0.25) is 0 Å². The van der Waals surface area contributed by atoms with Crippen LogP contribution in [0, 0.1) is 11.3 Å². The third kappa shape index (κ3) is 5.67. The van der Waals surface area contributed by atoms with E-state index in [9.17, 15) is 9.59 Å². The molecule has 0 saturated heterocycles. The maximum atomic E-state index is 10.7. The van der Waals surface area contributed by atoms with Crippen molar-refractivity contribution >= 4 is 11.9 Å². The Morgan fingerprint density at radius 2 is 1.92 bits per heavy atom. The molecule has 0 rings (SSSR count). The molecule has 0 spiro atoms. The van der Waals surface area contributed by atoms with Crippen molar-refractivity contribution in [1.29, 1.82) is 5.26 Å². The van der Waals surface area contributed by atoms with Gasteiger partial charge in [-0.1, -0.05) is 0 Å². The maximum Gasteiger partial charge on any atom is 0.417 e. The molecule has 0 aromatic heterocycles. The summed E-state index contributed by atoms with van der Waals surface area (Å²) < 4.78 is 8.88. The Morgan fingerprint density at radius 1 is 1.31 bits per heavy atom. The van der Waals surface area contributed by atoms with Crippen LogP contribution in [-0.2, 0) is 19.1 Å². The van der Waals surface area contributed by atoms with Crippen LogP contribution in [0.1, 0.15) is 19.8 Å². The first-order valence-corrected chi connectivity index (χ1v) is 3.93. The summed E-state index contributed by atoms with van der Waals surface area (Å²) in [5.41, 5.74) is 0. The third-order valence-electron chi connectivity index (χ3n) is 1.11. The molecule has 0 aliphatic heterocycles. The molecule has 0 heterocycles.